The number of nitrogens with zero attached hydrogens (tertiary/aromatic N) is 3. The summed E-state index contributed by atoms with van der Waals surface area (Å²) in [5.74, 6) is 1.18. The third-order valence-electron chi connectivity index (χ3n) is 2.45. The second-order valence-electron chi connectivity index (χ2n) is 3.56. The average molecular weight is 289 g/mol. The molecule has 0 bridgehead atoms. The van der Waals surface area contributed by atoms with Gasteiger partial charge >= 0.3 is 0 Å². The summed E-state index contributed by atoms with van der Waals surface area (Å²) >= 11 is 3.32. The minimum absolute atomic E-state index is 0.302. The maximum absolute atomic E-state index is 5.53. The number of rotatable bonds is 5. The maximum atomic E-state index is 5.53. The van der Waals surface area contributed by atoms with Crippen LogP contribution in [-0.4, -0.2) is 36.7 Å². The summed E-state index contributed by atoms with van der Waals surface area (Å²) in [7, 11) is 3.53. The molecule has 16 heavy (non-hydrogen) atoms. The Balaban J connectivity index is 2.87. The van der Waals surface area contributed by atoms with Gasteiger partial charge < -0.3 is 15.4 Å². The van der Waals surface area contributed by atoms with Crippen molar-refractivity contribution in [1.82, 2.24) is 9.97 Å². The number of methoxy groups -OCH3 is 1. The van der Waals surface area contributed by atoms with Gasteiger partial charge in [0.15, 0.2) is 0 Å². The van der Waals surface area contributed by atoms with Crippen LogP contribution in [0.4, 0.5) is 5.95 Å². The molecule has 0 saturated heterocycles. The lowest BCUT2D eigenvalue weighted by Crippen LogP contribution is -2.32. The standard InChI is InChI=1S/C10H17BrN4O/c1-7(4-5-12)15(2)10-13-6-8(11)9(14-10)16-3/h6-7H,4-5,12H2,1-3H3. The van der Waals surface area contributed by atoms with Crippen molar-refractivity contribution < 1.29 is 4.74 Å². The smallest absolute Gasteiger partial charge is 0.232 e. The Hall–Kier alpha value is -0.880. The summed E-state index contributed by atoms with van der Waals surface area (Å²) in [4.78, 5) is 10.5. The van der Waals surface area contributed by atoms with Crippen molar-refractivity contribution in [3.05, 3.63) is 10.7 Å². The Bertz CT molecular complexity index is 348. The second-order valence-corrected chi connectivity index (χ2v) is 4.42. The van der Waals surface area contributed by atoms with Crippen LogP contribution in [0.15, 0.2) is 10.7 Å². The zero-order chi connectivity index (χ0) is 12.1. The molecule has 1 atom stereocenters. The first-order valence-electron chi connectivity index (χ1n) is 5.09. The highest BCUT2D eigenvalue weighted by atomic mass is 79.9. The van der Waals surface area contributed by atoms with Crippen LogP contribution in [0.2, 0.25) is 0 Å². The molecule has 0 aliphatic rings. The summed E-state index contributed by atoms with van der Waals surface area (Å²) in [5, 5.41) is 0. The Morgan fingerprint density at radius 1 is 1.62 bits per heavy atom. The van der Waals surface area contributed by atoms with Crippen LogP contribution < -0.4 is 15.4 Å². The fraction of sp³-hybridized carbons (Fsp3) is 0.600. The Kier molecular flexibility index (Phi) is 4.95. The van der Waals surface area contributed by atoms with Gasteiger partial charge in [-0.05, 0) is 35.8 Å². The molecule has 1 aromatic heterocycles. The first-order valence-corrected chi connectivity index (χ1v) is 5.88. The normalized spacial score (nSPS) is 12.3. The molecule has 0 saturated carbocycles. The largest absolute Gasteiger partial charge is 0.480 e. The number of anilines is 1. The van der Waals surface area contributed by atoms with Gasteiger partial charge in [-0.3, -0.25) is 0 Å². The van der Waals surface area contributed by atoms with E-state index < -0.39 is 0 Å². The van der Waals surface area contributed by atoms with Gasteiger partial charge in [0.25, 0.3) is 0 Å². The van der Waals surface area contributed by atoms with Gasteiger partial charge in [0.05, 0.1) is 17.8 Å². The molecule has 0 spiro atoms. The summed E-state index contributed by atoms with van der Waals surface area (Å²) in [6.45, 7) is 2.74. The Morgan fingerprint density at radius 2 is 2.31 bits per heavy atom. The van der Waals surface area contributed by atoms with Crippen molar-refractivity contribution >= 4 is 21.9 Å². The quantitative estimate of drug-likeness (QED) is 0.888. The van der Waals surface area contributed by atoms with Crippen molar-refractivity contribution in [2.24, 2.45) is 5.73 Å². The van der Waals surface area contributed by atoms with Crippen LogP contribution in [0.3, 0.4) is 0 Å². The zero-order valence-electron chi connectivity index (χ0n) is 9.77. The number of aromatic nitrogens is 2. The minimum Gasteiger partial charge on any atom is -0.480 e. The lowest BCUT2D eigenvalue weighted by atomic mass is 10.2. The summed E-state index contributed by atoms with van der Waals surface area (Å²) in [5.41, 5.74) is 5.53. The molecule has 90 valence electrons. The van der Waals surface area contributed by atoms with Crippen molar-refractivity contribution in [2.45, 2.75) is 19.4 Å². The molecule has 0 fully saturated rings. The van der Waals surface area contributed by atoms with Gasteiger partial charge in [-0.2, -0.15) is 4.98 Å². The number of hydrogen-bond acceptors (Lipinski definition) is 5. The van der Waals surface area contributed by atoms with E-state index in [9.17, 15) is 0 Å². The molecule has 0 amide bonds. The SMILES string of the molecule is COc1nc(N(C)C(C)CCN)ncc1Br. The summed E-state index contributed by atoms with van der Waals surface area (Å²) in [6.07, 6.45) is 2.59. The number of hydrogen-bond donors (Lipinski definition) is 1. The van der Waals surface area contributed by atoms with Crippen LogP contribution in [0.1, 0.15) is 13.3 Å². The monoisotopic (exact) mass is 288 g/mol. The predicted molar refractivity (Wildman–Crippen MR) is 67.8 cm³/mol. The summed E-state index contributed by atoms with van der Waals surface area (Å²) < 4.78 is 5.87. The highest BCUT2D eigenvalue weighted by molar-refractivity contribution is 9.10. The molecule has 1 rings (SSSR count). The van der Waals surface area contributed by atoms with Crippen molar-refractivity contribution in [3.8, 4) is 5.88 Å². The topological polar surface area (TPSA) is 64.3 Å². The van der Waals surface area contributed by atoms with Crippen molar-refractivity contribution in [2.75, 3.05) is 25.6 Å². The molecule has 0 radical (unpaired) electrons. The van der Waals surface area contributed by atoms with E-state index in [-0.39, 0.29) is 0 Å². The fourth-order valence-electron chi connectivity index (χ4n) is 1.29. The predicted octanol–water partition coefficient (Wildman–Crippen LogP) is 1.42. The maximum Gasteiger partial charge on any atom is 0.232 e. The Labute approximate surface area is 104 Å². The molecule has 2 N–H and O–H groups in total. The molecule has 0 aromatic carbocycles. The van der Waals surface area contributed by atoms with Crippen LogP contribution >= 0.6 is 15.9 Å². The van der Waals surface area contributed by atoms with Gasteiger partial charge in [0.2, 0.25) is 11.8 Å². The van der Waals surface area contributed by atoms with Gasteiger partial charge in [0.1, 0.15) is 0 Å². The zero-order valence-corrected chi connectivity index (χ0v) is 11.4. The Morgan fingerprint density at radius 3 is 2.88 bits per heavy atom. The molecule has 1 unspecified atom stereocenters. The van der Waals surface area contributed by atoms with E-state index in [4.69, 9.17) is 10.5 Å². The van der Waals surface area contributed by atoms with E-state index in [0.29, 0.717) is 24.4 Å². The third-order valence-corrected chi connectivity index (χ3v) is 3.00. The van der Waals surface area contributed by atoms with Crippen LogP contribution in [0.5, 0.6) is 5.88 Å². The number of nitrogens with two attached hydrogens (primary N) is 1. The van der Waals surface area contributed by atoms with E-state index in [1.54, 1.807) is 13.3 Å². The van der Waals surface area contributed by atoms with Crippen LogP contribution in [0.25, 0.3) is 0 Å². The average Bonchev–Trinajstić information content (AvgIpc) is 2.29. The molecule has 1 heterocycles. The molecule has 1 aromatic rings. The van der Waals surface area contributed by atoms with Gasteiger partial charge in [-0.15, -0.1) is 0 Å². The van der Waals surface area contributed by atoms with E-state index in [1.165, 1.54) is 0 Å². The second kappa shape index (κ2) is 6.00. The molecule has 0 aliphatic carbocycles. The van der Waals surface area contributed by atoms with Gasteiger partial charge in [-0.25, -0.2) is 4.98 Å². The molecule has 6 heteroatoms. The van der Waals surface area contributed by atoms with Crippen molar-refractivity contribution in [1.29, 1.82) is 0 Å². The number of ether oxygens (including phenoxy) is 1. The molecular weight excluding hydrogens is 272 g/mol. The van der Waals surface area contributed by atoms with E-state index >= 15 is 0 Å². The highest BCUT2D eigenvalue weighted by Crippen LogP contribution is 2.23. The van der Waals surface area contributed by atoms with Crippen molar-refractivity contribution in [3.63, 3.8) is 0 Å². The van der Waals surface area contributed by atoms with Gasteiger partial charge in [-0.1, -0.05) is 0 Å². The fourth-order valence-corrected chi connectivity index (χ4v) is 1.64. The molecular formula is C10H17BrN4O. The van der Waals surface area contributed by atoms with Crippen LogP contribution in [0, 0.1) is 0 Å². The first-order chi connectivity index (χ1) is 7.60. The van der Waals surface area contributed by atoms with E-state index in [2.05, 4.69) is 32.8 Å². The molecule has 5 nitrogen and oxygen atoms in total. The highest BCUT2D eigenvalue weighted by Gasteiger charge is 2.13. The van der Waals surface area contributed by atoms with Crippen LogP contribution in [-0.2, 0) is 0 Å². The third kappa shape index (κ3) is 3.05. The molecule has 0 aliphatic heterocycles. The lowest BCUT2D eigenvalue weighted by molar-refractivity contribution is 0.393. The lowest BCUT2D eigenvalue weighted by Gasteiger charge is -2.24. The van der Waals surface area contributed by atoms with E-state index in [0.717, 1.165) is 10.9 Å². The van der Waals surface area contributed by atoms with E-state index in [1.807, 2.05) is 11.9 Å². The van der Waals surface area contributed by atoms with Gasteiger partial charge in [0, 0.05) is 13.1 Å². The summed E-state index contributed by atoms with van der Waals surface area (Å²) in [6, 6.07) is 0.302. The minimum atomic E-state index is 0.302. The first kappa shape index (κ1) is 13.2. The number of halogens is 1.